The van der Waals surface area contributed by atoms with E-state index in [0.29, 0.717) is 0 Å². The van der Waals surface area contributed by atoms with Crippen LogP contribution in [0.4, 0.5) is 17.6 Å². The van der Waals surface area contributed by atoms with E-state index in [-0.39, 0.29) is 13.3 Å². The van der Waals surface area contributed by atoms with Crippen molar-refractivity contribution in [2.24, 2.45) is 0 Å². The van der Waals surface area contributed by atoms with Crippen molar-refractivity contribution in [2.45, 2.75) is 38.5 Å². The molecule has 0 nitrogen and oxygen atoms in total. The van der Waals surface area contributed by atoms with Crippen molar-refractivity contribution in [2.75, 3.05) is 0 Å². The standard InChI is InChI=1S/C6H10F4/c1-3-4-6(9,10)5(2,7)8/h3-4H2,1-2H3. The Morgan fingerprint density at radius 2 is 1.50 bits per heavy atom. The second-order valence-electron chi connectivity index (χ2n) is 2.34. The third-order valence-electron chi connectivity index (χ3n) is 1.21. The van der Waals surface area contributed by atoms with Crippen molar-refractivity contribution >= 4 is 0 Å². The fourth-order valence-electron chi connectivity index (χ4n) is 0.533. The van der Waals surface area contributed by atoms with Crippen molar-refractivity contribution in [1.29, 1.82) is 0 Å². The molecule has 0 aromatic carbocycles. The van der Waals surface area contributed by atoms with Crippen molar-refractivity contribution < 1.29 is 17.6 Å². The lowest BCUT2D eigenvalue weighted by atomic mass is 10.1. The lowest BCUT2D eigenvalue weighted by Crippen LogP contribution is -2.37. The Bertz CT molecular complexity index is 103. The Kier molecular flexibility index (Phi) is 2.68. The van der Waals surface area contributed by atoms with E-state index in [9.17, 15) is 17.6 Å². The van der Waals surface area contributed by atoms with Gasteiger partial charge in [-0.3, -0.25) is 0 Å². The van der Waals surface area contributed by atoms with Gasteiger partial charge in [0.15, 0.2) is 0 Å². The van der Waals surface area contributed by atoms with Gasteiger partial charge in [-0.2, -0.15) is 8.78 Å². The number of hydrogen-bond donors (Lipinski definition) is 0. The van der Waals surface area contributed by atoms with Crippen LogP contribution < -0.4 is 0 Å². The van der Waals surface area contributed by atoms with Gasteiger partial charge in [0.05, 0.1) is 0 Å². The van der Waals surface area contributed by atoms with Gasteiger partial charge in [0.25, 0.3) is 0 Å². The Hall–Kier alpha value is -0.280. The summed E-state index contributed by atoms with van der Waals surface area (Å²) in [7, 11) is 0. The van der Waals surface area contributed by atoms with Crippen LogP contribution in [0.1, 0.15) is 26.7 Å². The zero-order valence-corrected chi connectivity index (χ0v) is 5.93. The van der Waals surface area contributed by atoms with Crippen LogP contribution in [0.2, 0.25) is 0 Å². The maximum atomic E-state index is 12.2. The molecule has 0 rings (SSSR count). The summed E-state index contributed by atoms with van der Waals surface area (Å²) in [5.74, 6) is -7.73. The molecule has 0 radical (unpaired) electrons. The Balaban J connectivity index is 4.10. The first-order valence-electron chi connectivity index (χ1n) is 3.07. The summed E-state index contributed by atoms with van der Waals surface area (Å²) in [5.41, 5.74) is 0. The molecule has 0 saturated carbocycles. The summed E-state index contributed by atoms with van der Waals surface area (Å²) in [4.78, 5) is 0. The Labute approximate surface area is 57.2 Å². The molecule has 0 aromatic heterocycles. The molecule has 0 heterocycles. The fourth-order valence-corrected chi connectivity index (χ4v) is 0.533. The van der Waals surface area contributed by atoms with Gasteiger partial charge in [0.2, 0.25) is 0 Å². The predicted octanol–water partition coefficient (Wildman–Crippen LogP) is 3.08. The largest absolute Gasteiger partial charge is 0.309 e. The van der Waals surface area contributed by atoms with Gasteiger partial charge in [-0.25, -0.2) is 8.78 Å². The minimum absolute atomic E-state index is 0.0659. The number of rotatable bonds is 3. The van der Waals surface area contributed by atoms with Gasteiger partial charge in [0, 0.05) is 13.3 Å². The molecule has 0 aromatic rings. The number of halogens is 4. The lowest BCUT2D eigenvalue weighted by Gasteiger charge is -2.21. The summed E-state index contributed by atoms with van der Waals surface area (Å²) in [6, 6.07) is 0. The van der Waals surface area contributed by atoms with Crippen LogP contribution in [0.3, 0.4) is 0 Å². The molecule has 10 heavy (non-hydrogen) atoms. The summed E-state index contributed by atoms with van der Waals surface area (Å²) in [6.07, 6.45) is -0.688. The van der Waals surface area contributed by atoms with E-state index in [1.165, 1.54) is 6.92 Å². The van der Waals surface area contributed by atoms with Gasteiger partial charge in [-0.1, -0.05) is 13.3 Å². The highest BCUT2D eigenvalue weighted by molar-refractivity contribution is 4.79. The van der Waals surface area contributed by atoms with Crippen LogP contribution in [0.15, 0.2) is 0 Å². The third-order valence-corrected chi connectivity index (χ3v) is 1.21. The van der Waals surface area contributed by atoms with Gasteiger partial charge in [-0.05, 0) is 0 Å². The zero-order chi connectivity index (χ0) is 8.41. The predicted molar refractivity (Wildman–Crippen MR) is 30.5 cm³/mol. The van der Waals surface area contributed by atoms with E-state index in [0.717, 1.165) is 0 Å². The highest BCUT2D eigenvalue weighted by atomic mass is 19.3. The highest BCUT2D eigenvalue weighted by Gasteiger charge is 2.50. The maximum Gasteiger partial charge on any atom is 0.309 e. The summed E-state index contributed by atoms with van der Waals surface area (Å²) in [5, 5.41) is 0. The first kappa shape index (κ1) is 9.72. The average molecular weight is 158 g/mol. The molecule has 0 aliphatic heterocycles. The molecule has 0 amide bonds. The molecule has 0 aliphatic carbocycles. The van der Waals surface area contributed by atoms with Crippen LogP contribution in [0, 0.1) is 0 Å². The molecule has 0 N–H and O–H groups in total. The molecule has 0 bridgehead atoms. The molecular weight excluding hydrogens is 148 g/mol. The molecule has 4 heteroatoms. The maximum absolute atomic E-state index is 12.2. The highest BCUT2D eigenvalue weighted by Crippen LogP contribution is 2.36. The fraction of sp³-hybridized carbons (Fsp3) is 1.00. The van der Waals surface area contributed by atoms with E-state index < -0.39 is 18.3 Å². The second-order valence-corrected chi connectivity index (χ2v) is 2.34. The van der Waals surface area contributed by atoms with E-state index in [1.54, 1.807) is 0 Å². The van der Waals surface area contributed by atoms with Crippen LogP contribution in [-0.4, -0.2) is 11.8 Å². The summed E-state index contributed by atoms with van der Waals surface area (Å²) >= 11 is 0. The monoisotopic (exact) mass is 158 g/mol. The van der Waals surface area contributed by atoms with E-state index in [2.05, 4.69) is 0 Å². The van der Waals surface area contributed by atoms with Gasteiger partial charge >= 0.3 is 11.8 Å². The second kappa shape index (κ2) is 2.76. The van der Waals surface area contributed by atoms with E-state index in [1.807, 2.05) is 0 Å². The topological polar surface area (TPSA) is 0 Å². The molecule has 62 valence electrons. The van der Waals surface area contributed by atoms with Gasteiger partial charge < -0.3 is 0 Å². The molecule has 0 spiro atoms. The molecule has 0 saturated heterocycles. The van der Waals surface area contributed by atoms with Crippen molar-refractivity contribution in [1.82, 2.24) is 0 Å². The van der Waals surface area contributed by atoms with Crippen molar-refractivity contribution in [3.63, 3.8) is 0 Å². The molecule has 0 unspecified atom stereocenters. The Morgan fingerprint density at radius 3 is 1.60 bits per heavy atom. The van der Waals surface area contributed by atoms with Gasteiger partial charge in [0.1, 0.15) is 0 Å². The minimum Gasteiger partial charge on any atom is -0.200 e. The van der Waals surface area contributed by atoms with E-state index in [4.69, 9.17) is 0 Å². The SMILES string of the molecule is CCCC(F)(F)C(C)(F)F. The normalized spacial score (nSPS) is 13.8. The molecule has 0 atom stereocenters. The first-order valence-corrected chi connectivity index (χ1v) is 3.07. The number of alkyl halides is 4. The number of hydrogen-bond acceptors (Lipinski definition) is 0. The van der Waals surface area contributed by atoms with Crippen LogP contribution in [0.25, 0.3) is 0 Å². The van der Waals surface area contributed by atoms with E-state index >= 15 is 0 Å². The van der Waals surface area contributed by atoms with Crippen LogP contribution >= 0.6 is 0 Å². The van der Waals surface area contributed by atoms with Crippen LogP contribution in [0.5, 0.6) is 0 Å². The zero-order valence-electron chi connectivity index (χ0n) is 5.93. The quantitative estimate of drug-likeness (QED) is 0.553. The molecule has 0 fully saturated rings. The first-order chi connectivity index (χ1) is 4.31. The smallest absolute Gasteiger partial charge is 0.200 e. The van der Waals surface area contributed by atoms with Gasteiger partial charge in [-0.15, -0.1) is 0 Å². The third kappa shape index (κ3) is 2.15. The summed E-state index contributed by atoms with van der Waals surface area (Å²) < 4.78 is 48.2. The molecular formula is C6H10F4. The lowest BCUT2D eigenvalue weighted by molar-refractivity contribution is -0.200. The summed E-state index contributed by atoms with van der Waals surface area (Å²) in [6.45, 7) is 1.68. The van der Waals surface area contributed by atoms with Crippen molar-refractivity contribution in [3.05, 3.63) is 0 Å². The Morgan fingerprint density at radius 1 is 1.10 bits per heavy atom. The molecule has 0 aliphatic rings. The van der Waals surface area contributed by atoms with Crippen LogP contribution in [-0.2, 0) is 0 Å². The minimum atomic E-state index is -3.89. The van der Waals surface area contributed by atoms with Crippen molar-refractivity contribution in [3.8, 4) is 0 Å². The average Bonchev–Trinajstić information content (AvgIpc) is 1.61.